The maximum atomic E-state index is 12.8. The molecule has 1 aromatic heterocycles. The SMILES string of the molecule is CC(C(N)=O)N(c1ccc(OC(F)(F)F)cc1)c1nc(N)c(C(=O)c2ccccc2)s1. The molecule has 3 rings (SSSR count). The number of ketones is 1. The van der Waals surface area contributed by atoms with Crippen LogP contribution in [0.15, 0.2) is 54.6 Å². The Balaban J connectivity index is 1.99. The zero-order valence-corrected chi connectivity index (χ0v) is 16.9. The number of benzene rings is 2. The van der Waals surface area contributed by atoms with Crippen molar-refractivity contribution in [3.05, 3.63) is 65.0 Å². The van der Waals surface area contributed by atoms with Gasteiger partial charge in [-0.25, -0.2) is 4.98 Å². The molecule has 2 aromatic carbocycles. The summed E-state index contributed by atoms with van der Waals surface area (Å²) < 4.78 is 41.1. The Morgan fingerprint density at radius 3 is 2.26 bits per heavy atom. The smallest absolute Gasteiger partial charge is 0.406 e. The number of nitrogens with zero attached hydrogens (tertiary/aromatic N) is 2. The van der Waals surface area contributed by atoms with Crippen LogP contribution in [-0.4, -0.2) is 29.1 Å². The first-order valence-corrected chi connectivity index (χ1v) is 9.69. The van der Waals surface area contributed by atoms with Gasteiger partial charge in [-0.1, -0.05) is 41.7 Å². The number of carbonyl (C=O) groups excluding carboxylic acids is 2. The number of amides is 1. The first kappa shape index (κ1) is 22.1. The van der Waals surface area contributed by atoms with Crippen molar-refractivity contribution in [1.29, 1.82) is 0 Å². The van der Waals surface area contributed by atoms with E-state index in [1.54, 1.807) is 30.3 Å². The molecule has 1 unspecified atom stereocenters. The Morgan fingerprint density at radius 1 is 1.10 bits per heavy atom. The molecular weight excluding hydrogens is 433 g/mol. The molecule has 0 bridgehead atoms. The van der Waals surface area contributed by atoms with Gasteiger partial charge in [0.15, 0.2) is 5.13 Å². The second kappa shape index (κ2) is 8.64. The minimum absolute atomic E-state index is 0.0347. The van der Waals surface area contributed by atoms with Gasteiger partial charge < -0.3 is 21.1 Å². The summed E-state index contributed by atoms with van der Waals surface area (Å²) in [5.74, 6) is -1.52. The minimum atomic E-state index is -4.84. The lowest BCUT2D eigenvalue weighted by Gasteiger charge is -2.26. The molecule has 11 heteroatoms. The number of carbonyl (C=O) groups is 2. The first-order valence-electron chi connectivity index (χ1n) is 8.87. The van der Waals surface area contributed by atoms with Crippen LogP contribution in [0.4, 0.5) is 29.8 Å². The highest BCUT2D eigenvalue weighted by molar-refractivity contribution is 7.18. The van der Waals surface area contributed by atoms with Crippen LogP contribution in [0.2, 0.25) is 0 Å². The lowest BCUT2D eigenvalue weighted by Crippen LogP contribution is -2.39. The molecule has 162 valence electrons. The van der Waals surface area contributed by atoms with E-state index in [4.69, 9.17) is 11.5 Å². The number of ether oxygens (including phenoxy) is 1. The summed E-state index contributed by atoms with van der Waals surface area (Å²) in [4.78, 5) is 30.4. The van der Waals surface area contributed by atoms with E-state index in [0.29, 0.717) is 11.3 Å². The number of halogens is 3. The van der Waals surface area contributed by atoms with Crippen molar-refractivity contribution < 1.29 is 27.5 Å². The molecule has 7 nitrogen and oxygen atoms in total. The summed E-state index contributed by atoms with van der Waals surface area (Å²) in [7, 11) is 0. The summed E-state index contributed by atoms with van der Waals surface area (Å²) in [6.45, 7) is 1.50. The van der Waals surface area contributed by atoms with E-state index in [1.165, 1.54) is 24.0 Å². The van der Waals surface area contributed by atoms with E-state index >= 15 is 0 Å². The topological polar surface area (TPSA) is 112 Å². The summed E-state index contributed by atoms with van der Waals surface area (Å²) >= 11 is 0.947. The molecule has 4 N–H and O–H groups in total. The predicted octanol–water partition coefficient (Wildman–Crippen LogP) is 3.87. The lowest BCUT2D eigenvalue weighted by atomic mass is 10.1. The van der Waals surface area contributed by atoms with Crippen molar-refractivity contribution >= 4 is 39.7 Å². The zero-order chi connectivity index (χ0) is 22.8. The second-order valence-electron chi connectivity index (χ2n) is 6.40. The van der Waals surface area contributed by atoms with Gasteiger partial charge in [-0.3, -0.25) is 9.59 Å². The van der Waals surface area contributed by atoms with Crippen LogP contribution in [0.25, 0.3) is 0 Å². The number of nitrogen functional groups attached to an aromatic ring is 1. The first-order chi connectivity index (χ1) is 14.6. The van der Waals surface area contributed by atoms with Crippen molar-refractivity contribution in [3.8, 4) is 5.75 Å². The lowest BCUT2D eigenvalue weighted by molar-refractivity contribution is -0.274. The van der Waals surface area contributed by atoms with Gasteiger partial charge in [0.2, 0.25) is 11.7 Å². The number of thiazole rings is 1. The van der Waals surface area contributed by atoms with Gasteiger partial charge in [-0.2, -0.15) is 0 Å². The predicted molar refractivity (Wildman–Crippen MR) is 110 cm³/mol. The fourth-order valence-electron chi connectivity index (χ4n) is 2.74. The van der Waals surface area contributed by atoms with Crippen LogP contribution < -0.4 is 21.1 Å². The third-order valence-electron chi connectivity index (χ3n) is 4.24. The molecule has 1 heterocycles. The molecule has 0 aliphatic heterocycles. The molecule has 0 saturated heterocycles. The van der Waals surface area contributed by atoms with Crippen molar-refractivity contribution in [3.63, 3.8) is 0 Å². The molecule has 0 fully saturated rings. The molecule has 0 radical (unpaired) electrons. The number of primary amides is 1. The zero-order valence-electron chi connectivity index (χ0n) is 16.1. The Labute approximate surface area is 179 Å². The normalized spacial score (nSPS) is 12.3. The highest BCUT2D eigenvalue weighted by atomic mass is 32.1. The largest absolute Gasteiger partial charge is 0.573 e. The standard InChI is InChI=1S/C20H17F3N4O3S/c1-11(18(25)29)27(13-7-9-14(10-8-13)30-20(21,22)23)19-26-17(24)16(31-19)15(28)12-5-3-2-4-6-12/h2-11H,24H2,1H3,(H2,25,29). The summed E-state index contributed by atoms with van der Waals surface area (Å²) in [5, 5.41) is 0.188. The number of alkyl halides is 3. The third-order valence-corrected chi connectivity index (χ3v) is 5.31. The molecule has 1 atom stereocenters. The number of aromatic nitrogens is 1. The fraction of sp³-hybridized carbons (Fsp3) is 0.150. The highest BCUT2D eigenvalue weighted by Crippen LogP contribution is 2.36. The molecule has 0 aliphatic rings. The maximum Gasteiger partial charge on any atom is 0.573 e. The van der Waals surface area contributed by atoms with Gasteiger partial charge in [0.05, 0.1) is 0 Å². The minimum Gasteiger partial charge on any atom is -0.406 e. The van der Waals surface area contributed by atoms with E-state index < -0.39 is 24.1 Å². The number of nitrogens with two attached hydrogens (primary N) is 2. The highest BCUT2D eigenvalue weighted by Gasteiger charge is 2.31. The molecule has 0 aliphatic carbocycles. The number of hydrogen-bond acceptors (Lipinski definition) is 7. The average Bonchev–Trinajstić information content (AvgIpc) is 3.09. The monoisotopic (exact) mass is 450 g/mol. The van der Waals surface area contributed by atoms with Gasteiger partial charge in [0, 0.05) is 11.3 Å². The van der Waals surface area contributed by atoms with Crippen LogP contribution in [-0.2, 0) is 4.79 Å². The van der Waals surface area contributed by atoms with Crippen molar-refractivity contribution in [2.75, 3.05) is 10.6 Å². The second-order valence-corrected chi connectivity index (χ2v) is 7.37. The molecule has 1 amide bonds. The van der Waals surface area contributed by atoms with Crippen LogP contribution in [0.3, 0.4) is 0 Å². The number of hydrogen-bond donors (Lipinski definition) is 2. The van der Waals surface area contributed by atoms with E-state index in [0.717, 1.165) is 23.5 Å². The maximum absolute atomic E-state index is 12.8. The van der Waals surface area contributed by atoms with Gasteiger partial charge in [-0.05, 0) is 31.2 Å². The average molecular weight is 450 g/mol. The number of anilines is 3. The summed E-state index contributed by atoms with van der Waals surface area (Å²) in [6.07, 6.45) is -4.84. The van der Waals surface area contributed by atoms with E-state index in [9.17, 15) is 22.8 Å². The van der Waals surface area contributed by atoms with Crippen LogP contribution in [0.5, 0.6) is 5.75 Å². The molecular formula is C20H17F3N4O3S. The van der Waals surface area contributed by atoms with Gasteiger partial charge in [0.25, 0.3) is 0 Å². The fourth-order valence-corrected chi connectivity index (χ4v) is 3.79. The number of rotatable bonds is 7. The van der Waals surface area contributed by atoms with Crippen LogP contribution in [0, 0.1) is 0 Å². The quantitative estimate of drug-likeness (QED) is 0.529. The van der Waals surface area contributed by atoms with Gasteiger partial charge in [-0.15, -0.1) is 13.2 Å². The Kier molecular flexibility index (Phi) is 6.16. The molecule has 0 spiro atoms. The van der Waals surface area contributed by atoms with Gasteiger partial charge >= 0.3 is 6.36 Å². The summed E-state index contributed by atoms with van der Waals surface area (Å²) in [6, 6.07) is 12.3. The van der Waals surface area contributed by atoms with Crippen LogP contribution in [0.1, 0.15) is 22.2 Å². The van der Waals surface area contributed by atoms with Crippen molar-refractivity contribution in [1.82, 2.24) is 4.98 Å². The Bertz CT molecular complexity index is 1090. The van der Waals surface area contributed by atoms with Crippen molar-refractivity contribution in [2.45, 2.75) is 19.3 Å². The molecule has 31 heavy (non-hydrogen) atoms. The molecule has 0 saturated carbocycles. The summed E-state index contributed by atoms with van der Waals surface area (Å²) in [5.41, 5.74) is 12.1. The van der Waals surface area contributed by atoms with E-state index in [-0.39, 0.29) is 21.6 Å². The van der Waals surface area contributed by atoms with E-state index in [1.807, 2.05) is 0 Å². The van der Waals surface area contributed by atoms with E-state index in [2.05, 4.69) is 9.72 Å². The Morgan fingerprint density at radius 2 is 1.71 bits per heavy atom. The van der Waals surface area contributed by atoms with Gasteiger partial charge in [0.1, 0.15) is 22.5 Å². The molecule has 3 aromatic rings. The van der Waals surface area contributed by atoms with Crippen molar-refractivity contribution in [2.24, 2.45) is 5.73 Å². The third kappa shape index (κ3) is 5.12. The van der Waals surface area contributed by atoms with Crippen LogP contribution >= 0.6 is 11.3 Å². The Hall–Kier alpha value is -3.60.